The monoisotopic (exact) mass is 365 g/mol. The third kappa shape index (κ3) is 3.28. The topological polar surface area (TPSA) is 57.1 Å². The van der Waals surface area contributed by atoms with E-state index in [9.17, 15) is 9.59 Å². The van der Waals surface area contributed by atoms with Gasteiger partial charge >= 0.3 is 6.03 Å². The molecule has 27 heavy (non-hydrogen) atoms. The van der Waals surface area contributed by atoms with Gasteiger partial charge in [0, 0.05) is 5.69 Å². The Morgan fingerprint density at radius 3 is 2.19 bits per heavy atom. The molecule has 4 rings (SSSR count). The average molecular weight is 365 g/mol. The molecule has 2 aromatic rings. The zero-order valence-corrected chi connectivity index (χ0v) is 15.5. The molecule has 2 N–H and O–H groups in total. The maximum atomic E-state index is 13.0. The Labute approximate surface area is 159 Å². The number of hydrogen-bond donors (Lipinski definition) is 2. The van der Waals surface area contributed by atoms with Crippen LogP contribution in [0.15, 0.2) is 60.7 Å². The lowest BCUT2D eigenvalue weighted by Gasteiger charge is -2.34. The van der Waals surface area contributed by atoms with E-state index in [-0.39, 0.29) is 11.9 Å². The van der Waals surface area contributed by atoms with E-state index >= 15 is 0 Å². The smallest absolute Gasteiger partial charge is 0.329 e. The van der Waals surface area contributed by atoms with Crippen LogP contribution in [0.25, 0.3) is 0 Å². The first-order chi connectivity index (χ1) is 13.1. The summed E-state index contributed by atoms with van der Waals surface area (Å²) in [4.78, 5) is 30.5. The van der Waals surface area contributed by atoms with Crippen molar-refractivity contribution in [2.24, 2.45) is 0 Å². The van der Waals surface area contributed by atoms with Gasteiger partial charge in [0.25, 0.3) is 5.91 Å². The van der Waals surface area contributed by atoms with Gasteiger partial charge in [0.1, 0.15) is 5.54 Å². The normalized spacial score (nSPS) is 23.6. The Morgan fingerprint density at radius 1 is 0.963 bits per heavy atom. The number of hydrogen-bond acceptors (Lipinski definition) is 3. The molecular weight excluding hydrogens is 340 g/mol. The Bertz CT molecular complexity index is 819. The average Bonchev–Trinajstić information content (AvgIpc) is 2.94. The van der Waals surface area contributed by atoms with Crippen LogP contribution in [0.5, 0.6) is 0 Å². The minimum absolute atomic E-state index is 0.170. The van der Waals surface area contributed by atoms with Crippen LogP contribution in [-0.2, 0) is 10.3 Å². The molecule has 6 heteroatoms. The lowest BCUT2D eigenvalue weighted by Crippen LogP contribution is -3.16. The van der Waals surface area contributed by atoms with E-state index in [2.05, 4.69) is 22.3 Å². The number of benzene rings is 2. The molecule has 0 aliphatic carbocycles. The first-order valence-electron chi connectivity index (χ1n) is 9.41. The molecule has 1 atom stereocenters. The second-order valence-electron chi connectivity index (χ2n) is 7.39. The fourth-order valence-corrected chi connectivity index (χ4v) is 3.91. The van der Waals surface area contributed by atoms with Crippen molar-refractivity contribution in [3.05, 3.63) is 66.2 Å². The number of anilines is 1. The number of amides is 3. The molecule has 2 fully saturated rings. The van der Waals surface area contributed by atoms with Crippen LogP contribution in [0.2, 0.25) is 0 Å². The van der Waals surface area contributed by atoms with E-state index in [0.29, 0.717) is 6.67 Å². The standard InChI is InChI=1S/C21H24N4O2/c1-21(17-8-4-2-5-9-17)19(26)25(20(27)22-21)16-23-12-14-24(15-13-23)18-10-6-3-7-11-18/h2-11H,12-16H2,1H3,(H,22,27)/p+1/t21-/m1/s1. The van der Waals surface area contributed by atoms with E-state index in [1.165, 1.54) is 15.5 Å². The van der Waals surface area contributed by atoms with Gasteiger partial charge < -0.3 is 15.1 Å². The van der Waals surface area contributed by atoms with Gasteiger partial charge in [-0.1, -0.05) is 48.5 Å². The number of imide groups is 1. The molecule has 140 valence electrons. The van der Waals surface area contributed by atoms with Crippen molar-refractivity contribution in [3.8, 4) is 0 Å². The fraction of sp³-hybridized carbons (Fsp3) is 0.333. The second kappa shape index (κ2) is 7.04. The van der Waals surface area contributed by atoms with Crippen molar-refractivity contribution in [1.29, 1.82) is 0 Å². The predicted molar refractivity (Wildman–Crippen MR) is 103 cm³/mol. The largest absolute Gasteiger partial charge is 0.360 e. The van der Waals surface area contributed by atoms with Gasteiger partial charge in [0.15, 0.2) is 6.67 Å². The summed E-state index contributed by atoms with van der Waals surface area (Å²) in [7, 11) is 0. The van der Waals surface area contributed by atoms with Crippen molar-refractivity contribution in [1.82, 2.24) is 10.2 Å². The van der Waals surface area contributed by atoms with E-state index in [1.807, 2.05) is 48.5 Å². The van der Waals surface area contributed by atoms with Crippen LogP contribution >= 0.6 is 0 Å². The predicted octanol–water partition coefficient (Wildman–Crippen LogP) is 0.816. The van der Waals surface area contributed by atoms with Crippen LogP contribution in [0.4, 0.5) is 10.5 Å². The van der Waals surface area contributed by atoms with Gasteiger partial charge in [0.05, 0.1) is 26.2 Å². The molecule has 0 bridgehead atoms. The Hall–Kier alpha value is -2.86. The molecule has 2 saturated heterocycles. The van der Waals surface area contributed by atoms with E-state index in [0.717, 1.165) is 31.7 Å². The quantitative estimate of drug-likeness (QED) is 0.789. The molecule has 2 aromatic carbocycles. The summed E-state index contributed by atoms with van der Waals surface area (Å²) in [5, 5.41) is 2.88. The fourth-order valence-electron chi connectivity index (χ4n) is 3.91. The number of nitrogens with one attached hydrogen (secondary N) is 2. The van der Waals surface area contributed by atoms with Crippen LogP contribution in [0.3, 0.4) is 0 Å². The summed E-state index contributed by atoms with van der Waals surface area (Å²) in [5.74, 6) is -0.170. The third-order valence-electron chi connectivity index (χ3n) is 5.60. The lowest BCUT2D eigenvalue weighted by molar-refractivity contribution is -0.907. The highest BCUT2D eigenvalue weighted by Crippen LogP contribution is 2.27. The highest BCUT2D eigenvalue weighted by Gasteiger charge is 2.50. The molecule has 0 aromatic heterocycles. The van der Waals surface area contributed by atoms with Crippen molar-refractivity contribution >= 4 is 17.6 Å². The zero-order valence-electron chi connectivity index (χ0n) is 15.5. The summed E-state index contributed by atoms with van der Waals surface area (Å²) < 4.78 is 0. The summed E-state index contributed by atoms with van der Waals surface area (Å²) in [5.41, 5.74) is 1.06. The summed E-state index contributed by atoms with van der Waals surface area (Å²) in [6, 6.07) is 19.5. The second-order valence-corrected chi connectivity index (χ2v) is 7.39. The van der Waals surface area contributed by atoms with Gasteiger partial charge in [-0.15, -0.1) is 0 Å². The van der Waals surface area contributed by atoms with Crippen molar-refractivity contribution in [2.75, 3.05) is 37.7 Å². The lowest BCUT2D eigenvalue weighted by atomic mass is 9.92. The number of urea groups is 1. The summed E-state index contributed by atoms with van der Waals surface area (Å²) in [6.45, 7) is 5.82. The summed E-state index contributed by atoms with van der Waals surface area (Å²) >= 11 is 0. The van der Waals surface area contributed by atoms with Crippen molar-refractivity contribution < 1.29 is 14.5 Å². The number of carbonyl (C=O) groups is 2. The van der Waals surface area contributed by atoms with E-state index < -0.39 is 5.54 Å². The number of rotatable bonds is 4. The molecule has 0 radical (unpaired) electrons. The van der Waals surface area contributed by atoms with Crippen LogP contribution in [0, 0.1) is 0 Å². The van der Waals surface area contributed by atoms with Gasteiger partial charge in [-0.3, -0.25) is 4.79 Å². The first-order valence-corrected chi connectivity index (χ1v) is 9.41. The van der Waals surface area contributed by atoms with Gasteiger partial charge in [-0.05, 0) is 24.6 Å². The molecule has 0 unspecified atom stereocenters. The maximum absolute atomic E-state index is 13.0. The van der Waals surface area contributed by atoms with Crippen LogP contribution in [0.1, 0.15) is 12.5 Å². The third-order valence-corrected chi connectivity index (χ3v) is 5.60. The Balaban J connectivity index is 1.40. The van der Waals surface area contributed by atoms with Crippen molar-refractivity contribution in [2.45, 2.75) is 12.5 Å². The SMILES string of the molecule is C[C@]1(c2ccccc2)NC(=O)N(C[NH+]2CCN(c3ccccc3)CC2)C1=O. The minimum atomic E-state index is -0.982. The number of nitrogens with zero attached hydrogens (tertiary/aromatic N) is 2. The molecule has 3 amide bonds. The Kier molecular flexibility index (Phi) is 4.58. The highest BCUT2D eigenvalue weighted by molar-refractivity contribution is 6.07. The van der Waals surface area contributed by atoms with E-state index in [4.69, 9.17) is 0 Å². The molecule has 0 spiro atoms. The van der Waals surface area contributed by atoms with Crippen LogP contribution < -0.4 is 15.1 Å². The number of quaternary nitrogens is 1. The zero-order chi connectivity index (χ0) is 18.9. The molecule has 2 heterocycles. The highest BCUT2D eigenvalue weighted by atomic mass is 16.2. The van der Waals surface area contributed by atoms with Crippen LogP contribution in [-0.4, -0.2) is 49.7 Å². The Morgan fingerprint density at radius 2 is 1.56 bits per heavy atom. The maximum Gasteiger partial charge on any atom is 0.329 e. The molecular formula is C21H25N4O2+. The van der Waals surface area contributed by atoms with Gasteiger partial charge in [-0.2, -0.15) is 0 Å². The van der Waals surface area contributed by atoms with Gasteiger partial charge in [-0.25, -0.2) is 9.69 Å². The first kappa shape index (κ1) is 17.5. The molecule has 2 aliphatic heterocycles. The minimum Gasteiger partial charge on any atom is -0.360 e. The molecule has 0 saturated carbocycles. The van der Waals surface area contributed by atoms with Gasteiger partial charge in [0.2, 0.25) is 0 Å². The number of para-hydroxylation sites is 1. The molecule has 6 nitrogen and oxygen atoms in total. The van der Waals surface area contributed by atoms with E-state index in [1.54, 1.807) is 6.92 Å². The molecule has 2 aliphatic rings. The van der Waals surface area contributed by atoms with Crippen molar-refractivity contribution in [3.63, 3.8) is 0 Å². The number of carbonyl (C=O) groups excluding carboxylic acids is 2. The number of piperazine rings is 1. The summed E-state index contributed by atoms with van der Waals surface area (Å²) in [6.07, 6.45) is 0.